The van der Waals surface area contributed by atoms with Crippen LogP contribution in [-0.4, -0.2) is 28.0 Å². The molecule has 32 heavy (non-hydrogen) atoms. The second kappa shape index (κ2) is 8.23. The van der Waals surface area contributed by atoms with Crippen LogP contribution in [-0.2, 0) is 17.8 Å². The third kappa shape index (κ3) is 3.54. The lowest BCUT2D eigenvalue weighted by Gasteiger charge is -2.44. The Bertz CT molecular complexity index is 1180. The predicted molar refractivity (Wildman–Crippen MR) is 131 cm³/mol. The summed E-state index contributed by atoms with van der Waals surface area (Å²) in [5, 5.41) is 3.88. The zero-order chi connectivity index (χ0) is 22.5. The van der Waals surface area contributed by atoms with E-state index in [1.54, 1.807) is 28.4 Å². The van der Waals surface area contributed by atoms with Crippen LogP contribution in [0.5, 0.6) is 0 Å². The van der Waals surface area contributed by atoms with Gasteiger partial charge in [0.15, 0.2) is 0 Å². The number of hydrogen-bond donors (Lipinski definition) is 1. The Balaban J connectivity index is 1.60. The van der Waals surface area contributed by atoms with Crippen LogP contribution in [0, 0.1) is 0 Å². The molecule has 3 aromatic rings. The Morgan fingerprint density at radius 1 is 1.19 bits per heavy atom. The molecule has 0 bridgehead atoms. The van der Waals surface area contributed by atoms with Crippen molar-refractivity contribution in [2.45, 2.75) is 70.5 Å². The number of halogens is 1. The monoisotopic (exact) mass is 469 g/mol. The fraction of sp³-hybridized carbons (Fsp3) is 0.440. The van der Waals surface area contributed by atoms with Gasteiger partial charge in [-0.3, -0.25) is 14.5 Å². The molecule has 0 spiro atoms. The van der Waals surface area contributed by atoms with E-state index in [9.17, 15) is 9.59 Å². The number of rotatable bonds is 4. The van der Waals surface area contributed by atoms with E-state index in [2.05, 4.69) is 18.3 Å². The molecular weight excluding hydrogens is 442 g/mol. The van der Waals surface area contributed by atoms with Crippen molar-refractivity contribution in [2.24, 2.45) is 0 Å². The summed E-state index contributed by atoms with van der Waals surface area (Å²) in [6, 6.07) is 11.5. The number of hydrogen-bond acceptors (Lipinski definition) is 3. The Morgan fingerprint density at radius 3 is 2.59 bits per heavy atom. The maximum atomic E-state index is 13.8. The van der Waals surface area contributed by atoms with Crippen molar-refractivity contribution >= 4 is 50.7 Å². The van der Waals surface area contributed by atoms with E-state index in [-0.39, 0.29) is 17.9 Å². The molecule has 1 aliphatic heterocycles. The van der Waals surface area contributed by atoms with Crippen LogP contribution in [0.4, 0.5) is 5.69 Å². The molecule has 0 radical (unpaired) electrons. The third-order valence-electron chi connectivity index (χ3n) is 6.89. The summed E-state index contributed by atoms with van der Waals surface area (Å²) in [6.45, 7) is 4.44. The predicted octanol–water partition coefficient (Wildman–Crippen LogP) is 5.79. The first-order valence-corrected chi connectivity index (χ1v) is 12.6. The molecule has 7 heteroatoms. The summed E-state index contributed by atoms with van der Waals surface area (Å²) in [7, 11) is 0. The molecular formula is C25H28ClN3O2S. The number of thiophene rings is 1. The van der Waals surface area contributed by atoms with E-state index < -0.39 is 5.54 Å². The summed E-state index contributed by atoms with van der Waals surface area (Å²) in [5.74, 6) is -0.243. The van der Waals surface area contributed by atoms with Crippen LogP contribution in [0.15, 0.2) is 36.4 Å². The first-order chi connectivity index (χ1) is 15.4. The topological polar surface area (TPSA) is 54.3 Å². The quantitative estimate of drug-likeness (QED) is 0.526. The van der Waals surface area contributed by atoms with Gasteiger partial charge in [-0.15, -0.1) is 11.3 Å². The molecule has 1 saturated carbocycles. The van der Waals surface area contributed by atoms with E-state index in [4.69, 9.17) is 11.6 Å². The molecule has 0 saturated heterocycles. The van der Waals surface area contributed by atoms with Crippen molar-refractivity contribution in [3.63, 3.8) is 0 Å². The van der Waals surface area contributed by atoms with Crippen molar-refractivity contribution in [3.05, 3.63) is 52.0 Å². The molecule has 2 amide bonds. The van der Waals surface area contributed by atoms with Crippen LogP contribution < -0.4 is 10.2 Å². The highest BCUT2D eigenvalue weighted by Crippen LogP contribution is 2.39. The van der Waals surface area contributed by atoms with Crippen LogP contribution in [0.2, 0.25) is 5.02 Å². The Morgan fingerprint density at radius 2 is 1.91 bits per heavy atom. The number of carbonyl (C=O) groups excluding carboxylic acids is 2. The van der Waals surface area contributed by atoms with Crippen molar-refractivity contribution < 1.29 is 9.59 Å². The molecule has 5 nitrogen and oxygen atoms in total. The van der Waals surface area contributed by atoms with Crippen LogP contribution in [0.3, 0.4) is 0 Å². The van der Waals surface area contributed by atoms with Crippen LogP contribution in [0.25, 0.3) is 10.2 Å². The zero-order valence-corrected chi connectivity index (χ0v) is 20.1. The molecule has 2 aliphatic rings. The number of carbonyl (C=O) groups is 2. The van der Waals surface area contributed by atoms with E-state index in [0.29, 0.717) is 22.9 Å². The molecule has 1 N–H and O–H groups in total. The number of aryl methyl sites for hydroxylation is 1. The van der Waals surface area contributed by atoms with E-state index in [1.165, 1.54) is 11.3 Å². The number of anilines is 1. The Hall–Kier alpha value is -2.31. The number of aromatic nitrogens is 1. The fourth-order valence-electron chi connectivity index (χ4n) is 5.09. The molecule has 2 aromatic heterocycles. The van der Waals surface area contributed by atoms with Gasteiger partial charge >= 0.3 is 0 Å². The molecule has 1 unspecified atom stereocenters. The normalized spacial score (nSPS) is 21.7. The first kappa shape index (κ1) is 21.5. The SMILES string of the molecule is CCc1cc2c(cc3n2CC(C)(C(=O)NC2CCCCC2)N(c2ccc(Cl)cc2)C3=O)s1. The summed E-state index contributed by atoms with van der Waals surface area (Å²) >= 11 is 7.83. The zero-order valence-electron chi connectivity index (χ0n) is 18.5. The first-order valence-electron chi connectivity index (χ1n) is 11.4. The van der Waals surface area contributed by atoms with Crippen LogP contribution >= 0.6 is 22.9 Å². The summed E-state index contributed by atoms with van der Waals surface area (Å²) in [6.07, 6.45) is 6.46. The Kier molecular flexibility index (Phi) is 5.54. The van der Waals surface area contributed by atoms with Crippen molar-refractivity contribution in [1.82, 2.24) is 9.88 Å². The molecule has 3 heterocycles. The van der Waals surface area contributed by atoms with Crippen LogP contribution in [0.1, 0.15) is 61.3 Å². The van der Waals surface area contributed by atoms with E-state index >= 15 is 0 Å². The highest BCUT2D eigenvalue weighted by Gasteiger charge is 2.49. The molecule has 1 aliphatic carbocycles. The number of fused-ring (bicyclic) bond motifs is 3. The second-order valence-corrected chi connectivity index (χ2v) is 10.7. The van der Waals surface area contributed by atoms with Gasteiger partial charge in [0, 0.05) is 21.6 Å². The maximum Gasteiger partial charge on any atom is 0.275 e. The lowest BCUT2D eigenvalue weighted by Crippen LogP contribution is -2.65. The van der Waals surface area contributed by atoms with Gasteiger partial charge < -0.3 is 9.88 Å². The Labute approximate surface area is 197 Å². The molecule has 168 valence electrons. The molecule has 1 fully saturated rings. The number of amides is 2. The van der Waals surface area contributed by atoms with Crippen molar-refractivity contribution in [3.8, 4) is 0 Å². The highest BCUT2D eigenvalue weighted by molar-refractivity contribution is 7.19. The minimum absolute atomic E-state index is 0.0915. The lowest BCUT2D eigenvalue weighted by atomic mass is 9.91. The summed E-state index contributed by atoms with van der Waals surface area (Å²) in [5.41, 5.74) is 1.32. The fourth-order valence-corrected chi connectivity index (χ4v) is 6.25. The number of benzene rings is 1. The minimum atomic E-state index is -1.05. The second-order valence-electron chi connectivity index (χ2n) is 9.13. The molecule has 1 aromatic carbocycles. The van der Waals surface area contributed by atoms with E-state index in [0.717, 1.165) is 42.3 Å². The number of nitrogens with zero attached hydrogens (tertiary/aromatic N) is 2. The average molecular weight is 470 g/mol. The van der Waals surface area contributed by atoms with Gasteiger partial charge in [-0.2, -0.15) is 0 Å². The summed E-state index contributed by atoms with van der Waals surface area (Å²) in [4.78, 5) is 30.6. The van der Waals surface area contributed by atoms with Gasteiger partial charge in [-0.1, -0.05) is 37.8 Å². The maximum absolute atomic E-state index is 13.8. The standard InChI is InChI=1S/C25H28ClN3O2S/c1-3-19-13-20-22(32-19)14-21-23(30)29(18-11-9-16(26)10-12-18)25(2,15-28(20)21)24(31)27-17-7-5-4-6-8-17/h9-14,17H,3-8,15H2,1-2H3,(H,27,31). The average Bonchev–Trinajstić information content (AvgIpc) is 3.34. The van der Waals surface area contributed by atoms with Gasteiger partial charge in [-0.25, -0.2) is 0 Å². The highest BCUT2D eigenvalue weighted by atomic mass is 35.5. The van der Waals surface area contributed by atoms with Crippen molar-refractivity contribution in [1.29, 1.82) is 0 Å². The summed E-state index contributed by atoms with van der Waals surface area (Å²) < 4.78 is 3.14. The van der Waals surface area contributed by atoms with Gasteiger partial charge in [0.05, 0.1) is 16.8 Å². The van der Waals surface area contributed by atoms with Crippen molar-refractivity contribution in [2.75, 3.05) is 4.90 Å². The minimum Gasteiger partial charge on any atom is -0.351 e. The number of nitrogens with one attached hydrogen (secondary N) is 1. The third-order valence-corrected chi connectivity index (χ3v) is 8.35. The molecule has 5 rings (SSSR count). The van der Waals surface area contributed by atoms with Gasteiger partial charge in [0.25, 0.3) is 5.91 Å². The smallest absolute Gasteiger partial charge is 0.275 e. The molecule has 1 atom stereocenters. The van der Waals surface area contributed by atoms with Gasteiger partial charge in [0.1, 0.15) is 11.2 Å². The van der Waals surface area contributed by atoms with E-state index in [1.807, 2.05) is 29.7 Å². The van der Waals surface area contributed by atoms with Gasteiger partial charge in [-0.05, 0) is 62.6 Å². The largest absolute Gasteiger partial charge is 0.351 e. The van der Waals surface area contributed by atoms with Gasteiger partial charge in [0.2, 0.25) is 5.91 Å². The lowest BCUT2D eigenvalue weighted by molar-refractivity contribution is -0.127.